The fourth-order valence-electron chi connectivity index (χ4n) is 0.495. The Bertz CT molecular complexity index is 116. The molecule has 0 aromatic rings. The van der Waals surface area contributed by atoms with Gasteiger partial charge < -0.3 is 5.32 Å². The normalized spacial score (nSPS) is 12.6. The minimum atomic E-state index is -0.404. The lowest BCUT2D eigenvalue weighted by atomic mass is 10.4. The zero-order valence-corrected chi connectivity index (χ0v) is 5.82. The summed E-state index contributed by atoms with van der Waals surface area (Å²) in [5.41, 5.74) is 0.938. The summed E-state index contributed by atoms with van der Waals surface area (Å²) in [5, 5.41) is 2.89. The molecule has 1 N–H and O–H groups in total. The molecule has 0 rings (SSSR count). The first kappa shape index (κ1) is 8.21. The largest absolute Gasteiger partial charge is 0.388 e. The average molecular weight is 129 g/mol. The van der Waals surface area contributed by atoms with Gasteiger partial charge in [-0.15, -0.1) is 0 Å². The number of nitrogens with one attached hydrogen (secondary N) is 1. The van der Waals surface area contributed by atoms with Gasteiger partial charge in [-0.05, 0) is 13.0 Å². The molecule has 2 heteroatoms. The molecule has 0 aliphatic heterocycles. The second kappa shape index (κ2) is 5.35. The van der Waals surface area contributed by atoms with Gasteiger partial charge in [-0.2, -0.15) is 0 Å². The van der Waals surface area contributed by atoms with Gasteiger partial charge >= 0.3 is 0 Å². The Labute approximate surface area is 55.3 Å². The monoisotopic (exact) mass is 129 g/mol. The molecule has 0 spiro atoms. The Morgan fingerprint density at radius 3 is 2.67 bits per heavy atom. The van der Waals surface area contributed by atoms with Gasteiger partial charge in [0.25, 0.3) is 0 Å². The van der Waals surface area contributed by atoms with Crippen LogP contribution in [0.1, 0.15) is 6.92 Å². The van der Waals surface area contributed by atoms with Crippen LogP contribution in [0.25, 0.3) is 0 Å². The van der Waals surface area contributed by atoms with Crippen LogP contribution in [0.3, 0.4) is 0 Å². The van der Waals surface area contributed by atoms with Gasteiger partial charge in [-0.25, -0.2) is 4.39 Å². The minimum absolute atomic E-state index is 0.404. The van der Waals surface area contributed by atoms with Crippen LogP contribution in [0.4, 0.5) is 4.39 Å². The van der Waals surface area contributed by atoms with E-state index in [1.165, 1.54) is 6.08 Å². The molecule has 0 aromatic carbocycles. The Kier molecular flexibility index (Phi) is 4.88. The van der Waals surface area contributed by atoms with Crippen LogP contribution in [0.2, 0.25) is 0 Å². The van der Waals surface area contributed by atoms with Gasteiger partial charge in [0.2, 0.25) is 0 Å². The Morgan fingerprint density at radius 1 is 1.67 bits per heavy atom. The lowest BCUT2D eigenvalue weighted by molar-refractivity contribution is 0.561. The van der Waals surface area contributed by atoms with E-state index in [0.29, 0.717) is 0 Å². The predicted octanol–water partition coefficient (Wildman–Crippen LogP) is 1.64. The van der Waals surface area contributed by atoms with Crippen LogP contribution < -0.4 is 5.32 Å². The molecular formula is C7H12FN. The highest BCUT2D eigenvalue weighted by Crippen LogP contribution is 1.88. The first-order valence-electron chi connectivity index (χ1n) is 2.91. The van der Waals surface area contributed by atoms with E-state index >= 15 is 0 Å². The van der Waals surface area contributed by atoms with E-state index in [2.05, 4.69) is 5.32 Å². The maximum absolute atomic E-state index is 11.5. The molecule has 0 saturated heterocycles. The molecule has 1 nitrogen and oxygen atoms in total. The molecule has 52 valence electrons. The van der Waals surface area contributed by atoms with Crippen molar-refractivity contribution in [2.45, 2.75) is 6.92 Å². The summed E-state index contributed by atoms with van der Waals surface area (Å²) in [7, 11) is 1.80. The first-order valence-corrected chi connectivity index (χ1v) is 2.91. The maximum Gasteiger partial charge on any atom is 0.108 e. The molecule has 0 bridgehead atoms. The highest BCUT2D eigenvalue weighted by molar-refractivity contribution is 5.14. The summed E-state index contributed by atoms with van der Waals surface area (Å²) in [6.07, 6.45) is 5.05. The molecule has 0 atom stereocenters. The number of hydrogen-bond acceptors (Lipinski definition) is 1. The van der Waals surface area contributed by atoms with E-state index in [9.17, 15) is 4.39 Å². The summed E-state index contributed by atoms with van der Waals surface area (Å²) in [6.45, 7) is 1.49. The summed E-state index contributed by atoms with van der Waals surface area (Å²) in [5.74, 6) is 0. The van der Waals surface area contributed by atoms with Crippen molar-refractivity contribution in [3.63, 3.8) is 0 Å². The van der Waals surface area contributed by atoms with E-state index in [4.69, 9.17) is 0 Å². The predicted molar refractivity (Wildman–Crippen MR) is 37.9 cm³/mol. The van der Waals surface area contributed by atoms with E-state index in [0.717, 1.165) is 5.70 Å². The van der Waals surface area contributed by atoms with Crippen molar-refractivity contribution in [2.75, 3.05) is 13.7 Å². The van der Waals surface area contributed by atoms with E-state index < -0.39 is 6.67 Å². The Hall–Kier alpha value is -0.790. The number of alkyl halides is 1. The average Bonchev–Trinajstić information content (AvgIpc) is 1.91. The second-order valence-electron chi connectivity index (χ2n) is 1.55. The van der Waals surface area contributed by atoms with Crippen molar-refractivity contribution in [1.29, 1.82) is 0 Å². The molecular weight excluding hydrogens is 117 g/mol. The highest BCUT2D eigenvalue weighted by atomic mass is 19.1. The first-order chi connectivity index (χ1) is 4.35. The van der Waals surface area contributed by atoms with Gasteiger partial charge in [0, 0.05) is 12.7 Å². The zero-order chi connectivity index (χ0) is 7.11. The topological polar surface area (TPSA) is 12.0 Å². The molecule has 0 saturated carbocycles. The minimum Gasteiger partial charge on any atom is -0.388 e. The summed E-state index contributed by atoms with van der Waals surface area (Å²) >= 11 is 0. The fraction of sp³-hybridized carbons (Fsp3) is 0.429. The van der Waals surface area contributed by atoms with E-state index in [1.54, 1.807) is 13.1 Å². The fourth-order valence-corrected chi connectivity index (χ4v) is 0.495. The van der Waals surface area contributed by atoms with Crippen LogP contribution in [-0.2, 0) is 0 Å². The molecule has 9 heavy (non-hydrogen) atoms. The molecule has 0 heterocycles. The number of allylic oxidation sites excluding steroid dienone is 3. The van der Waals surface area contributed by atoms with Crippen LogP contribution in [0.5, 0.6) is 0 Å². The van der Waals surface area contributed by atoms with Crippen molar-refractivity contribution in [3.05, 3.63) is 23.9 Å². The van der Waals surface area contributed by atoms with Gasteiger partial charge in [0.05, 0.1) is 0 Å². The van der Waals surface area contributed by atoms with E-state index in [-0.39, 0.29) is 0 Å². The maximum atomic E-state index is 11.5. The van der Waals surface area contributed by atoms with Crippen LogP contribution in [-0.4, -0.2) is 13.7 Å². The third kappa shape index (κ3) is 3.76. The summed E-state index contributed by atoms with van der Waals surface area (Å²) in [6, 6.07) is 0. The molecule has 0 fully saturated rings. The quantitative estimate of drug-likeness (QED) is 0.571. The summed E-state index contributed by atoms with van der Waals surface area (Å²) < 4.78 is 11.5. The van der Waals surface area contributed by atoms with Gasteiger partial charge in [0.15, 0.2) is 0 Å². The molecule has 0 unspecified atom stereocenters. The zero-order valence-electron chi connectivity index (χ0n) is 5.82. The lowest BCUT2D eigenvalue weighted by Crippen LogP contribution is -2.01. The third-order valence-corrected chi connectivity index (χ3v) is 0.986. The molecule has 0 amide bonds. The van der Waals surface area contributed by atoms with Crippen molar-refractivity contribution in [2.24, 2.45) is 0 Å². The van der Waals surface area contributed by atoms with Gasteiger partial charge in [-0.1, -0.05) is 12.2 Å². The number of halogens is 1. The van der Waals surface area contributed by atoms with Crippen LogP contribution in [0, 0.1) is 0 Å². The number of hydrogen-bond donors (Lipinski definition) is 1. The van der Waals surface area contributed by atoms with Crippen molar-refractivity contribution < 1.29 is 4.39 Å². The SMILES string of the molecule is C/C=C(\C=C/CF)NC. The lowest BCUT2D eigenvalue weighted by Gasteiger charge is -1.95. The molecule has 0 aromatic heterocycles. The van der Waals surface area contributed by atoms with Crippen molar-refractivity contribution in [3.8, 4) is 0 Å². The Morgan fingerprint density at radius 2 is 2.33 bits per heavy atom. The van der Waals surface area contributed by atoms with Crippen LogP contribution in [0.15, 0.2) is 23.9 Å². The number of likely N-dealkylation sites (N-methyl/N-ethyl adjacent to an activating group) is 1. The highest BCUT2D eigenvalue weighted by Gasteiger charge is 1.79. The molecule has 0 aliphatic carbocycles. The van der Waals surface area contributed by atoms with Gasteiger partial charge in [0.1, 0.15) is 6.67 Å². The van der Waals surface area contributed by atoms with Crippen molar-refractivity contribution in [1.82, 2.24) is 5.32 Å². The van der Waals surface area contributed by atoms with Gasteiger partial charge in [-0.3, -0.25) is 0 Å². The van der Waals surface area contributed by atoms with Crippen molar-refractivity contribution >= 4 is 0 Å². The third-order valence-electron chi connectivity index (χ3n) is 0.986. The molecule has 0 aliphatic rings. The Balaban J connectivity index is 3.70. The second-order valence-corrected chi connectivity index (χ2v) is 1.55. The summed E-state index contributed by atoms with van der Waals surface area (Å²) in [4.78, 5) is 0. The smallest absolute Gasteiger partial charge is 0.108 e. The standard InChI is InChI=1S/C7H12FN/c1-3-7(9-2)5-4-6-8/h3-5,9H,6H2,1-2H3/b5-4-,7-3+. The van der Waals surface area contributed by atoms with Crippen LogP contribution >= 0.6 is 0 Å². The molecule has 0 radical (unpaired) electrons. The van der Waals surface area contributed by atoms with E-state index in [1.807, 2.05) is 13.0 Å². The number of rotatable bonds is 3.